The number of aromatic nitrogens is 3. The van der Waals surface area contributed by atoms with E-state index in [1.54, 1.807) is 24.3 Å². The first-order valence-electron chi connectivity index (χ1n) is 10.1. The Morgan fingerprint density at radius 3 is 2.67 bits per heavy atom. The van der Waals surface area contributed by atoms with Crippen molar-refractivity contribution in [3.05, 3.63) is 77.6 Å². The molecule has 9 nitrogen and oxygen atoms in total. The van der Waals surface area contributed by atoms with Crippen LogP contribution in [-0.4, -0.2) is 26.0 Å². The summed E-state index contributed by atoms with van der Waals surface area (Å²) in [7, 11) is 0. The number of hydrogen-bond donors (Lipinski definition) is 4. The number of benzene rings is 1. The van der Waals surface area contributed by atoms with Crippen LogP contribution in [0.1, 0.15) is 37.4 Å². The summed E-state index contributed by atoms with van der Waals surface area (Å²) in [5, 5.41) is 15.7. The zero-order chi connectivity index (χ0) is 24.0. The van der Waals surface area contributed by atoms with E-state index in [0.717, 1.165) is 0 Å². The number of carbonyl (C=O) groups is 1. The lowest BCUT2D eigenvalue weighted by molar-refractivity contribution is -0.138. The van der Waals surface area contributed by atoms with Crippen molar-refractivity contribution in [3.63, 3.8) is 0 Å². The number of nitrogens with zero attached hydrogens (tertiary/aromatic N) is 4. The van der Waals surface area contributed by atoms with Crippen molar-refractivity contribution in [2.24, 2.45) is 5.11 Å². The molecule has 0 aliphatic rings. The Morgan fingerprint density at radius 1 is 1.21 bits per heavy atom. The molecule has 2 aromatic heterocycles. The van der Waals surface area contributed by atoms with Crippen molar-refractivity contribution in [1.82, 2.24) is 20.3 Å². The summed E-state index contributed by atoms with van der Waals surface area (Å²) in [6.07, 6.45) is 1.46. The Balaban J connectivity index is 1.80. The maximum absolute atomic E-state index is 13.6. The predicted octanol–water partition coefficient (Wildman–Crippen LogP) is 4.13. The highest BCUT2D eigenvalue weighted by Crippen LogP contribution is 2.26. The van der Waals surface area contributed by atoms with Gasteiger partial charge in [0.25, 0.3) is 0 Å². The van der Waals surface area contributed by atoms with E-state index < -0.39 is 17.2 Å². The molecule has 0 fully saturated rings. The van der Waals surface area contributed by atoms with Gasteiger partial charge in [0.1, 0.15) is 11.5 Å². The molecule has 0 aliphatic heterocycles. The minimum absolute atomic E-state index is 0.0312. The lowest BCUT2D eigenvalue weighted by atomic mass is 9.85. The molecule has 0 radical (unpaired) electrons. The van der Waals surface area contributed by atoms with Gasteiger partial charge in [-0.2, -0.15) is 5.11 Å². The maximum atomic E-state index is 13.6. The first kappa shape index (κ1) is 23.5. The molecule has 170 valence electrons. The lowest BCUT2D eigenvalue weighted by Crippen LogP contribution is -2.23. The number of halogens is 1. The standard InChI is InChI=1S/C23H24FN7O2/c1-23(2,11-21(32)33)20-8-4-7-16(28-20)12-27-13-19(31-26)18-10-17(29-22(25)30-18)14-5-3-6-15(24)9-14/h3-10,13,26-27H,11-12H2,1-2H3,(H,32,33)(H2,25,29,30)/b19-13-,31-26?. The van der Waals surface area contributed by atoms with Crippen LogP contribution in [0.5, 0.6) is 0 Å². The molecule has 33 heavy (non-hydrogen) atoms. The van der Waals surface area contributed by atoms with E-state index in [1.165, 1.54) is 18.3 Å². The topological polar surface area (TPSA) is 150 Å². The zero-order valence-electron chi connectivity index (χ0n) is 18.2. The van der Waals surface area contributed by atoms with Crippen molar-refractivity contribution in [1.29, 1.82) is 5.53 Å². The van der Waals surface area contributed by atoms with Crippen LogP contribution < -0.4 is 11.1 Å². The molecular formula is C23H24FN7O2. The van der Waals surface area contributed by atoms with Crippen molar-refractivity contribution in [2.75, 3.05) is 5.73 Å². The van der Waals surface area contributed by atoms with Gasteiger partial charge in [-0.05, 0) is 30.3 Å². The molecule has 0 saturated heterocycles. The van der Waals surface area contributed by atoms with E-state index >= 15 is 0 Å². The number of nitrogen functional groups attached to an aromatic ring is 1. The summed E-state index contributed by atoms with van der Waals surface area (Å²) in [4.78, 5) is 24.0. The third-order valence-corrected chi connectivity index (χ3v) is 4.86. The highest BCUT2D eigenvalue weighted by atomic mass is 19.1. The summed E-state index contributed by atoms with van der Waals surface area (Å²) < 4.78 is 13.6. The van der Waals surface area contributed by atoms with E-state index in [4.69, 9.17) is 16.4 Å². The molecule has 0 bridgehead atoms. The van der Waals surface area contributed by atoms with E-state index in [0.29, 0.717) is 34.9 Å². The summed E-state index contributed by atoms with van der Waals surface area (Å²) in [5.74, 6) is -1.33. The summed E-state index contributed by atoms with van der Waals surface area (Å²) in [6, 6.07) is 12.9. The van der Waals surface area contributed by atoms with Crippen LogP contribution in [0.2, 0.25) is 0 Å². The first-order valence-corrected chi connectivity index (χ1v) is 10.1. The van der Waals surface area contributed by atoms with Crippen molar-refractivity contribution in [2.45, 2.75) is 32.2 Å². The van der Waals surface area contributed by atoms with Gasteiger partial charge in [-0.25, -0.2) is 19.9 Å². The van der Waals surface area contributed by atoms with Gasteiger partial charge in [0.05, 0.1) is 30.0 Å². The molecule has 3 rings (SSSR count). The maximum Gasteiger partial charge on any atom is 0.304 e. The van der Waals surface area contributed by atoms with Crippen LogP contribution in [0.15, 0.2) is 59.8 Å². The molecule has 0 saturated carbocycles. The van der Waals surface area contributed by atoms with Crippen LogP contribution in [0.4, 0.5) is 10.3 Å². The molecule has 0 atom stereocenters. The van der Waals surface area contributed by atoms with Gasteiger partial charge >= 0.3 is 5.97 Å². The number of nitrogens with two attached hydrogens (primary N) is 1. The molecule has 10 heteroatoms. The van der Waals surface area contributed by atoms with Crippen LogP contribution >= 0.6 is 0 Å². The smallest absolute Gasteiger partial charge is 0.304 e. The van der Waals surface area contributed by atoms with E-state index in [1.807, 2.05) is 26.0 Å². The van der Waals surface area contributed by atoms with Gasteiger partial charge in [-0.1, -0.05) is 32.0 Å². The van der Waals surface area contributed by atoms with Gasteiger partial charge in [0.15, 0.2) is 0 Å². The second-order valence-corrected chi connectivity index (χ2v) is 8.00. The number of pyridine rings is 1. The Hall–Kier alpha value is -4.21. The minimum atomic E-state index is -0.892. The fraction of sp³-hybridized carbons (Fsp3) is 0.217. The number of aliphatic carboxylic acids is 1. The zero-order valence-corrected chi connectivity index (χ0v) is 18.2. The fourth-order valence-electron chi connectivity index (χ4n) is 3.23. The molecule has 2 heterocycles. The van der Waals surface area contributed by atoms with Gasteiger partial charge < -0.3 is 16.2 Å². The highest BCUT2D eigenvalue weighted by molar-refractivity contribution is 5.69. The van der Waals surface area contributed by atoms with Crippen molar-refractivity contribution >= 4 is 17.6 Å². The number of rotatable bonds is 9. The number of carboxylic acids is 1. The molecule has 0 unspecified atom stereocenters. The fourth-order valence-corrected chi connectivity index (χ4v) is 3.23. The normalized spacial score (nSPS) is 11.8. The molecule has 0 spiro atoms. The quantitative estimate of drug-likeness (QED) is 0.359. The molecular weight excluding hydrogens is 425 g/mol. The van der Waals surface area contributed by atoms with Crippen LogP contribution in [0.25, 0.3) is 17.0 Å². The monoisotopic (exact) mass is 449 g/mol. The van der Waals surface area contributed by atoms with Gasteiger partial charge in [-0.15, -0.1) is 0 Å². The van der Waals surface area contributed by atoms with E-state index in [9.17, 15) is 9.18 Å². The molecule has 1 aromatic carbocycles. The summed E-state index contributed by atoms with van der Waals surface area (Å²) >= 11 is 0. The molecule has 0 amide bonds. The third-order valence-electron chi connectivity index (χ3n) is 4.86. The summed E-state index contributed by atoms with van der Waals surface area (Å²) in [6.45, 7) is 3.97. The minimum Gasteiger partial charge on any atom is -0.481 e. The average Bonchev–Trinajstić information content (AvgIpc) is 2.76. The highest BCUT2D eigenvalue weighted by Gasteiger charge is 2.25. The molecule has 0 aliphatic carbocycles. The lowest BCUT2D eigenvalue weighted by Gasteiger charge is -2.22. The third kappa shape index (κ3) is 6.16. The predicted molar refractivity (Wildman–Crippen MR) is 121 cm³/mol. The Labute approximate surface area is 190 Å². The van der Waals surface area contributed by atoms with E-state index in [-0.39, 0.29) is 18.1 Å². The van der Waals surface area contributed by atoms with Gasteiger partial charge in [0.2, 0.25) is 5.95 Å². The number of carboxylic acid groups (broad SMARTS) is 1. The van der Waals surface area contributed by atoms with Gasteiger partial charge in [-0.3, -0.25) is 9.78 Å². The largest absolute Gasteiger partial charge is 0.481 e. The summed E-state index contributed by atoms with van der Waals surface area (Å²) in [5.41, 5.74) is 15.5. The number of nitrogens with one attached hydrogen (secondary N) is 2. The number of hydrogen-bond acceptors (Lipinski definition) is 8. The Bertz CT molecular complexity index is 1210. The van der Waals surface area contributed by atoms with Crippen molar-refractivity contribution < 1.29 is 14.3 Å². The molecule has 3 aromatic rings. The second-order valence-electron chi connectivity index (χ2n) is 8.00. The van der Waals surface area contributed by atoms with Gasteiger partial charge in [0, 0.05) is 22.9 Å². The van der Waals surface area contributed by atoms with Crippen molar-refractivity contribution in [3.8, 4) is 11.3 Å². The van der Waals surface area contributed by atoms with Crippen LogP contribution in [0.3, 0.4) is 0 Å². The van der Waals surface area contributed by atoms with Crippen LogP contribution in [0, 0.1) is 11.3 Å². The average molecular weight is 449 g/mol. The Morgan fingerprint density at radius 2 is 1.97 bits per heavy atom. The Kier molecular flexibility index (Phi) is 7.07. The molecule has 5 N–H and O–H groups in total. The SMILES string of the molecule is CC(C)(CC(=O)O)c1cccc(CN/C=C(\N=N)c2cc(-c3cccc(F)c3)nc(N)n2)n1. The van der Waals surface area contributed by atoms with E-state index in [2.05, 4.69) is 25.4 Å². The number of anilines is 1. The second kappa shape index (κ2) is 9.94. The van der Waals surface area contributed by atoms with Crippen LogP contribution in [-0.2, 0) is 16.8 Å². The first-order chi connectivity index (χ1) is 15.7.